The average molecular weight is 297 g/mol. The minimum atomic E-state index is -0.513. The van der Waals surface area contributed by atoms with Crippen LogP contribution in [0.5, 0.6) is 6.01 Å². The second kappa shape index (κ2) is 7.97. The van der Waals surface area contributed by atoms with Crippen LogP contribution in [-0.4, -0.2) is 33.8 Å². The molecule has 1 aliphatic rings. The summed E-state index contributed by atoms with van der Waals surface area (Å²) in [5, 5.41) is 10.7. The van der Waals surface area contributed by atoms with Crippen molar-refractivity contribution < 1.29 is 14.4 Å². The molecule has 0 aromatic carbocycles. The highest BCUT2D eigenvalue weighted by molar-refractivity contribution is 5.21. The first-order chi connectivity index (χ1) is 10.2. The Labute approximate surface area is 124 Å². The fourth-order valence-electron chi connectivity index (χ4n) is 2.39. The Morgan fingerprint density at radius 3 is 2.95 bits per heavy atom. The SMILES string of the molecule is CCCCCCCCOC1COc2nc([N+](=O)[O-])cn2C1. The second-order valence-electron chi connectivity index (χ2n) is 5.36. The molecule has 7 nitrogen and oxygen atoms in total. The van der Waals surface area contributed by atoms with Crippen molar-refractivity contribution in [2.75, 3.05) is 13.2 Å². The van der Waals surface area contributed by atoms with E-state index in [-0.39, 0.29) is 11.9 Å². The largest absolute Gasteiger partial charge is 0.443 e. The van der Waals surface area contributed by atoms with E-state index in [0.29, 0.717) is 25.8 Å². The number of nitrogens with zero attached hydrogens (tertiary/aromatic N) is 3. The molecule has 21 heavy (non-hydrogen) atoms. The zero-order valence-electron chi connectivity index (χ0n) is 12.5. The van der Waals surface area contributed by atoms with Crippen molar-refractivity contribution in [1.82, 2.24) is 9.55 Å². The molecule has 0 aliphatic carbocycles. The first kappa shape index (κ1) is 15.8. The van der Waals surface area contributed by atoms with Crippen LogP contribution in [0.2, 0.25) is 0 Å². The second-order valence-corrected chi connectivity index (χ2v) is 5.36. The zero-order valence-corrected chi connectivity index (χ0v) is 12.5. The lowest BCUT2D eigenvalue weighted by molar-refractivity contribution is -0.389. The van der Waals surface area contributed by atoms with E-state index in [9.17, 15) is 10.1 Å². The van der Waals surface area contributed by atoms with Gasteiger partial charge in [-0.3, -0.25) is 4.57 Å². The first-order valence-electron chi connectivity index (χ1n) is 7.66. The summed E-state index contributed by atoms with van der Waals surface area (Å²) in [6.07, 6.45) is 8.71. The lowest BCUT2D eigenvalue weighted by Crippen LogP contribution is -2.32. The van der Waals surface area contributed by atoms with E-state index in [0.717, 1.165) is 6.42 Å². The Morgan fingerprint density at radius 2 is 2.19 bits per heavy atom. The molecule has 118 valence electrons. The highest BCUT2D eigenvalue weighted by Gasteiger charge is 2.27. The van der Waals surface area contributed by atoms with E-state index in [2.05, 4.69) is 11.9 Å². The smallest absolute Gasteiger partial charge is 0.414 e. The Morgan fingerprint density at radius 1 is 1.43 bits per heavy atom. The van der Waals surface area contributed by atoms with Crippen LogP contribution in [0.4, 0.5) is 5.82 Å². The summed E-state index contributed by atoms with van der Waals surface area (Å²) in [7, 11) is 0. The van der Waals surface area contributed by atoms with Gasteiger partial charge in [0.1, 0.15) is 18.9 Å². The number of nitro groups is 1. The Bertz CT molecular complexity index is 461. The third-order valence-electron chi connectivity index (χ3n) is 3.56. The number of hydrogen-bond acceptors (Lipinski definition) is 5. The molecule has 2 rings (SSSR count). The van der Waals surface area contributed by atoms with Gasteiger partial charge in [0.05, 0.1) is 6.54 Å². The summed E-state index contributed by atoms with van der Waals surface area (Å²) >= 11 is 0. The van der Waals surface area contributed by atoms with Gasteiger partial charge in [-0.2, -0.15) is 0 Å². The van der Waals surface area contributed by atoms with Gasteiger partial charge in [-0.1, -0.05) is 39.0 Å². The molecule has 0 fully saturated rings. The zero-order chi connectivity index (χ0) is 15.1. The van der Waals surface area contributed by atoms with Gasteiger partial charge in [-0.05, 0) is 11.3 Å². The van der Waals surface area contributed by atoms with Crippen LogP contribution < -0.4 is 4.74 Å². The fraction of sp³-hybridized carbons (Fsp3) is 0.786. The number of fused-ring (bicyclic) bond motifs is 1. The van der Waals surface area contributed by atoms with Gasteiger partial charge in [0, 0.05) is 11.6 Å². The highest BCUT2D eigenvalue weighted by atomic mass is 16.6. The van der Waals surface area contributed by atoms with E-state index in [1.165, 1.54) is 38.3 Å². The molecular weight excluding hydrogens is 274 g/mol. The lowest BCUT2D eigenvalue weighted by Gasteiger charge is -2.22. The lowest BCUT2D eigenvalue weighted by atomic mass is 10.1. The highest BCUT2D eigenvalue weighted by Crippen LogP contribution is 2.22. The fourth-order valence-corrected chi connectivity index (χ4v) is 2.39. The van der Waals surface area contributed by atoms with Crippen LogP contribution in [-0.2, 0) is 11.3 Å². The third kappa shape index (κ3) is 4.70. The topological polar surface area (TPSA) is 79.4 Å². The Hall–Kier alpha value is -1.63. The van der Waals surface area contributed by atoms with Crippen molar-refractivity contribution >= 4 is 5.82 Å². The average Bonchev–Trinajstić information content (AvgIpc) is 2.90. The molecule has 1 aromatic heterocycles. The van der Waals surface area contributed by atoms with E-state index < -0.39 is 4.92 Å². The Kier molecular flexibility index (Phi) is 5.98. The van der Waals surface area contributed by atoms with E-state index >= 15 is 0 Å². The molecule has 1 aliphatic heterocycles. The van der Waals surface area contributed by atoms with Gasteiger partial charge >= 0.3 is 11.8 Å². The predicted molar refractivity (Wildman–Crippen MR) is 77.5 cm³/mol. The van der Waals surface area contributed by atoms with Crippen molar-refractivity contribution in [1.29, 1.82) is 0 Å². The first-order valence-corrected chi connectivity index (χ1v) is 7.66. The summed E-state index contributed by atoms with van der Waals surface area (Å²) in [6.45, 7) is 3.89. The minimum absolute atomic E-state index is 0.0538. The van der Waals surface area contributed by atoms with Crippen molar-refractivity contribution in [2.45, 2.75) is 58.1 Å². The molecule has 0 bridgehead atoms. The molecule has 0 saturated carbocycles. The van der Waals surface area contributed by atoms with Crippen LogP contribution in [0.3, 0.4) is 0 Å². The number of ether oxygens (including phenoxy) is 2. The summed E-state index contributed by atoms with van der Waals surface area (Å²) in [4.78, 5) is 14.0. The third-order valence-corrected chi connectivity index (χ3v) is 3.56. The van der Waals surface area contributed by atoms with Gasteiger partial charge in [-0.25, -0.2) is 0 Å². The van der Waals surface area contributed by atoms with Crippen LogP contribution >= 0.6 is 0 Å². The summed E-state index contributed by atoms with van der Waals surface area (Å²) in [6, 6.07) is 0.307. The van der Waals surface area contributed by atoms with Gasteiger partial charge < -0.3 is 19.6 Å². The molecule has 2 heterocycles. The number of unbranched alkanes of at least 4 members (excludes halogenated alkanes) is 5. The predicted octanol–water partition coefficient (Wildman–Crippen LogP) is 2.93. The normalized spacial score (nSPS) is 17.3. The van der Waals surface area contributed by atoms with Gasteiger partial charge in [0.25, 0.3) is 0 Å². The molecule has 1 unspecified atom stereocenters. The molecule has 0 N–H and O–H groups in total. The molecule has 1 atom stereocenters. The van der Waals surface area contributed by atoms with E-state index in [4.69, 9.17) is 9.47 Å². The number of rotatable bonds is 9. The van der Waals surface area contributed by atoms with Crippen LogP contribution in [0, 0.1) is 10.1 Å². The van der Waals surface area contributed by atoms with E-state index in [1.54, 1.807) is 4.57 Å². The Balaban J connectivity index is 1.66. The molecular formula is C14H23N3O4. The van der Waals surface area contributed by atoms with Crippen molar-refractivity contribution in [3.05, 3.63) is 16.3 Å². The summed E-state index contributed by atoms with van der Waals surface area (Å²) in [5.41, 5.74) is 0. The maximum absolute atomic E-state index is 10.7. The van der Waals surface area contributed by atoms with Crippen LogP contribution in [0.25, 0.3) is 0 Å². The maximum atomic E-state index is 10.7. The number of hydrogen-bond donors (Lipinski definition) is 0. The minimum Gasteiger partial charge on any atom is -0.443 e. The summed E-state index contributed by atoms with van der Waals surface area (Å²) < 4.78 is 12.8. The summed E-state index contributed by atoms with van der Waals surface area (Å²) in [5.74, 6) is -0.179. The standard InChI is InChI=1S/C14H23N3O4/c1-2-3-4-5-6-7-8-20-12-9-16-10-13(17(18)19)15-14(16)21-11-12/h10,12H,2-9,11H2,1H3. The monoisotopic (exact) mass is 297 g/mol. The van der Waals surface area contributed by atoms with Crippen LogP contribution in [0.15, 0.2) is 6.20 Å². The number of aromatic nitrogens is 2. The number of imidazole rings is 1. The van der Waals surface area contributed by atoms with Crippen LogP contribution in [0.1, 0.15) is 45.4 Å². The van der Waals surface area contributed by atoms with Gasteiger partial charge in [0.2, 0.25) is 0 Å². The van der Waals surface area contributed by atoms with Gasteiger partial charge in [-0.15, -0.1) is 0 Å². The maximum Gasteiger partial charge on any atom is 0.414 e. The van der Waals surface area contributed by atoms with Crippen molar-refractivity contribution in [3.63, 3.8) is 0 Å². The molecule has 7 heteroatoms. The van der Waals surface area contributed by atoms with Crippen molar-refractivity contribution in [2.24, 2.45) is 0 Å². The quantitative estimate of drug-likeness (QED) is 0.398. The molecule has 1 aromatic rings. The molecule has 0 saturated heterocycles. The molecule has 0 radical (unpaired) electrons. The molecule has 0 spiro atoms. The molecule has 0 amide bonds. The van der Waals surface area contributed by atoms with E-state index in [1.807, 2.05) is 0 Å². The van der Waals surface area contributed by atoms with Gasteiger partial charge in [0.15, 0.2) is 0 Å². The van der Waals surface area contributed by atoms with Crippen molar-refractivity contribution in [3.8, 4) is 6.01 Å².